The first kappa shape index (κ1) is 24.7. The number of halogens is 7. The van der Waals surface area contributed by atoms with Gasteiger partial charge in [0.2, 0.25) is 6.17 Å². The molecule has 0 aliphatic rings. The quantitative estimate of drug-likeness (QED) is 0.320. The summed E-state index contributed by atoms with van der Waals surface area (Å²) in [5, 5.41) is 13.1. The summed E-state index contributed by atoms with van der Waals surface area (Å²) in [5.74, 6) is -2.44. The van der Waals surface area contributed by atoms with E-state index in [0.717, 1.165) is 12.1 Å². The summed E-state index contributed by atoms with van der Waals surface area (Å²) in [7, 11) is 0. The molecule has 1 atom stereocenters. The van der Waals surface area contributed by atoms with Gasteiger partial charge in [0.1, 0.15) is 12.4 Å². The van der Waals surface area contributed by atoms with Gasteiger partial charge in [-0.2, -0.15) is 22.0 Å². The minimum Gasteiger partial charge on any atom is -0.477 e. The summed E-state index contributed by atoms with van der Waals surface area (Å²) in [4.78, 5) is 21.9. The molecule has 0 radical (unpaired) electrons. The first-order valence-corrected chi connectivity index (χ1v) is 8.49. The number of anilines is 1. The van der Waals surface area contributed by atoms with E-state index in [4.69, 9.17) is 4.74 Å². The van der Waals surface area contributed by atoms with Crippen molar-refractivity contribution in [2.24, 2.45) is 0 Å². The van der Waals surface area contributed by atoms with Crippen LogP contribution >= 0.6 is 0 Å². The summed E-state index contributed by atoms with van der Waals surface area (Å²) in [5.41, 5.74) is -2.77. The largest absolute Gasteiger partial charge is 0.477 e. The zero-order valence-electron chi connectivity index (χ0n) is 15.7. The third-order valence-electron chi connectivity index (χ3n) is 3.75. The lowest BCUT2D eigenvalue weighted by Crippen LogP contribution is -2.38. The molecular weight excluding hydrogens is 457 g/mol. The number of nitrogens with one attached hydrogen (secondary N) is 1. The minimum atomic E-state index is -4.85. The van der Waals surface area contributed by atoms with Gasteiger partial charge in [0.25, 0.3) is 5.91 Å². The maximum atomic E-state index is 13.5. The maximum absolute atomic E-state index is 13.5. The number of alkyl halides is 7. The van der Waals surface area contributed by atoms with Crippen molar-refractivity contribution in [3.05, 3.63) is 58.1 Å². The number of benzene rings is 2. The van der Waals surface area contributed by atoms with Gasteiger partial charge in [-0.15, -0.1) is 0 Å². The third-order valence-corrected chi connectivity index (χ3v) is 3.75. The van der Waals surface area contributed by atoms with E-state index in [1.165, 1.54) is 12.1 Å². The zero-order valence-corrected chi connectivity index (χ0v) is 15.7. The molecule has 1 amide bonds. The predicted octanol–water partition coefficient (Wildman–Crippen LogP) is 4.91. The Kier molecular flexibility index (Phi) is 7.48. The lowest BCUT2D eigenvalue weighted by molar-refractivity contribution is -0.386. The molecule has 2 aromatic rings. The molecule has 0 saturated carbocycles. The number of nitro groups is 1. The van der Waals surface area contributed by atoms with Crippen LogP contribution in [0.25, 0.3) is 0 Å². The average molecular weight is 470 g/mol. The van der Waals surface area contributed by atoms with Gasteiger partial charge < -0.3 is 14.8 Å². The molecule has 0 aliphatic carbocycles. The maximum Gasteiger partial charge on any atom is 0.432 e. The highest BCUT2D eigenvalue weighted by atomic mass is 19.4. The van der Waals surface area contributed by atoms with Crippen molar-refractivity contribution in [1.82, 2.24) is 0 Å². The molecule has 1 N–H and O–H groups in total. The Labute approximate surface area is 174 Å². The molecule has 174 valence electrons. The molecule has 0 spiro atoms. The van der Waals surface area contributed by atoms with Crippen molar-refractivity contribution < 1.29 is 49.9 Å². The van der Waals surface area contributed by atoms with Gasteiger partial charge in [0.05, 0.1) is 16.2 Å². The molecule has 0 bridgehead atoms. The van der Waals surface area contributed by atoms with Gasteiger partial charge in [0, 0.05) is 6.07 Å². The van der Waals surface area contributed by atoms with E-state index in [1.807, 2.05) is 0 Å². The standard InChI is InChI=1S/C18H13F7N2O5/c19-8-15(20)18(24,25)32-13-4-2-1-3-11(13)26-16(28)9-31-14-6-5-10(17(21,22)23)7-12(14)27(29)30/h1-7,15H,8-9H2,(H,26,28)/t15-/m1/s1. The number of nitrogens with zero attached hydrogens (tertiary/aromatic N) is 1. The lowest BCUT2D eigenvalue weighted by Gasteiger charge is -2.21. The first-order chi connectivity index (χ1) is 14.8. The van der Waals surface area contributed by atoms with Gasteiger partial charge >= 0.3 is 18.0 Å². The van der Waals surface area contributed by atoms with E-state index in [0.29, 0.717) is 12.1 Å². The Morgan fingerprint density at radius 1 is 1.09 bits per heavy atom. The molecule has 0 aliphatic heterocycles. The van der Waals surface area contributed by atoms with Crippen LogP contribution < -0.4 is 14.8 Å². The highest BCUT2D eigenvalue weighted by molar-refractivity contribution is 5.93. The summed E-state index contributed by atoms with van der Waals surface area (Å²) >= 11 is 0. The van der Waals surface area contributed by atoms with Crippen LogP contribution in [0.4, 0.5) is 42.1 Å². The van der Waals surface area contributed by atoms with Crippen molar-refractivity contribution in [3.63, 3.8) is 0 Å². The van der Waals surface area contributed by atoms with Crippen LogP contribution in [-0.2, 0) is 11.0 Å². The molecular formula is C18H13F7N2O5. The predicted molar refractivity (Wildman–Crippen MR) is 95.1 cm³/mol. The number of carbonyl (C=O) groups excluding carboxylic acids is 1. The van der Waals surface area contributed by atoms with Gasteiger partial charge in [-0.3, -0.25) is 14.9 Å². The Balaban J connectivity index is 2.12. The first-order valence-electron chi connectivity index (χ1n) is 8.49. The molecule has 7 nitrogen and oxygen atoms in total. The van der Waals surface area contributed by atoms with Crippen molar-refractivity contribution in [1.29, 1.82) is 0 Å². The van der Waals surface area contributed by atoms with Crippen LogP contribution in [0.1, 0.15) is 5.56 Å². The van der Waals surface area contributed by atoms with E-state index in [2.05, 4.69) is 10.1 Å². The van der Waals surface area contributed by atoms with Crippen molar-refractivity contribution >= 4 is 17.3 Å². The van der Waals surface area contributed by atoms with E-state index < -0.39 is 71.0 Å². The number of amides is 1. The van der Waals surface area contributed by atoms with Gasteiger partial charge in [-0.25, -0.2) is 8.78 Å². The molecule has 0 heterocycles. The summed E-state index contributed by atoms with van der Waals surface area (Å²) < 4.78 is 99.4. The number of hydrogen-bond donors (Lipinski definition) is 1. The number of para-hydroxylation sites is 2. The normalized spacial score (nSPS) is 12.7. The second-order valence-electron chi connectivity index (χ2n) is 6.06. The number of nitro benzene ring substituents is 1. The lowest BCUT2D eigenvalue weighted by atomic mass is 10.2. The second kappa shape index (κ2) is 9.70. The zero-order chi connectivity index (χ0) is 24.1. The molecule has 0 unspecified atom stereocenters. The van der Waals surface area contributed by atoms with Crippen LogP contribution in [0.3, 0.4) is 0 Å². The van der Waals surface area contributed by atoms with Crippen molar-refractivity contribution in [2.75, 3.05) is 18.6 Å². The van der Waals surface area contributed by atoms with Crippen LogP contribution in [0.2, 0.25) is 0 Å². The fraction of sp³-hybridized carbons (Fsp3) is 0.278. The Bertz CT molecular complexity index is 984. The highest BCUT2D eigenvalue weighted by Crippen LogP contribution is 2.36. The van der Waals surface area contributed by atoms with E-state index in [9.17, 15) is 45.6 Å². The van der Waals surface area contributed by atoms with Crippen LogP contribution in [0.5, 0.6) is 11.5 Å². The van der Waals surface area contributed by atoms with Crippen LogP contribution in [0.15, 0.2) is 42.5 Å². The van der Waals surface area contributed by atoms with Gasteiger partial charge in [-0.1, -0.05) is 12.1 Å². The molecule has 32 heavy (non-hydrogen) atoms. The van der Waals surface area contributed by atoms with Gasteiger partial charge in [0.15, 0.2) is 12.4 Å². The summed E-state index contributed by atoms with van der Waals surface area (Å²) in [6.07, 6.45) is -12.7. The average Bonchev–Trinajstić information content (AvgIpc) is 2.71. The van der Waals surface area contributed by atoms with E-state index in [-0.39, 0.29) is 6.07 Å². The number of rotatable bonds is 9. The fourth-order valence-corrected chi connectivity index (χ4v) is 2.25. The van der Waals surface area contributed by atoms with Crippen molar-refractivity contribution in [3.8, 4) is 11.5 Å². The second-order valence-corrected chi connectivity index (χ2v) is 6.06. The molecule has 14 heteroatoms. The Morgan fingerprint density at radius 2 is 1.75 bits per heavy atom. The Hall–Kier alpha value is -3.58. The summed E-state index contributed by atoms with van der Waals surface area (Å²) in [6, 6.07) is 5.85. The fourth-order valence-electron chi connectivity index (χ4n) is 2.25. The number of carbonyl (C=O) groups is 1. The van der Waals surface area contributed by atoms with E-state index >= 15 is 0 Å². The smallest absolute Gasteiger partial charge is 0.432 e. The monoisotopic (exact) mass is 470 g/mol. The van der Waals surface area contributed by atoms with Crippen LogP contribution in [-0.4, -0.2) is 36.4 Å². The van der Waals surface area contributed by atoms with Crippen molar-refractivity contribution in [2.45, 2.75) is 18.5 Å². The van der Waals surface area contributed by atoms with Crippen LogP contribution in [0, 0.1) is 10.1 Å². The van der Waals surface area contributed by atoms with Gasteiger partial charge in [-0.05, 0) is 24.3 Å². The highest BCUT2D eigenvalue weighted by Gasteiger charge is 2.44. The molecule has 0 aromatic heterocycles. The molecule has 0 fully saturated rings. The van der Waals surface area contributed by atoms with E-state index in [1.54, 1.807) is 0 Å². The molecule has 0 saturated heterocycles. The molecule has 2 aromatic carbocycles. The SMILES string of the molecule is O=C(COc1ccc(C(F)(F)F)cc1[N+](=O)[O-])Nc1ccccc1OC(F)(F)[C@H](F)CF. The minimum absolute atomic E-state index is 0.219. The summed E-state index contributed by atoms with van der Waals surface area (Å²) in [6.45, 7) is -2.99. The third kappa shape index (κ3) is 6.21. The Morgan fingerprint density at radius 3 is 2.34 bits per heavy atom. The number of ether oxygens (including phenoxy) is 2. The molecule has 2 rings (SSSR count). The topological polar surface area (TPSA) is 90.7 Å². The number of hydrogen-bond acceptors (Lipinski definition) is 5.